The summed E-state index contributed by atoms with van der Waals surface area (Å²) in [5.74, 6) is -2.94. The maximum atomic E-state index is 12.9. The van der Waals surface area contributed by atoms with Gasteiger partial charge in [0.2, 0.25) is 0 Å². The van der Waals surface area contributed by atoms with E-state index in [0.29, 0.717) is 12.2 Å². The SMILES string of the molecule is O=C(Cl)C(F)(F)C1CCCSC1. The second-order valence-electron chi connectivity index (χ2n) is 2.81. The van der Waals surface area contributed by atoms with Gasteiger partial charge in [-0.15, -0.1) is 0 Å². The van der Waals surface area contributed by atoms with Crippen LogP contribution in [0.5, 0.6) is 0 Å². The number of alkyl halides is 2. The zero-order chi connectivity index (χ0) is 9.19. The van der Waals surface area contributed by atoms with Crippen LogP contribution in [0.2, 0.25) is 0 Å². The molecule has 1 heterocycles. The van der Waals surface area contributed by atoms with E-state index in [0.717, 1.165) is 12.2 Å². The largest absolute Gasteiger partial charge is 0.323 e. The summed E-state index contributed by atoms with van der Waals surface area (Å²) in [6, 6.07) is 0. The third kappa shape index (κ3) is 2.10. The van der Waals surface area contributed by atoms with Crippen molar-refractivity contribution in [1.29, 1.82) is 0 Å². The van der Waals surface area contributed by atoms with Crippen LogP contribution in [-0.4, -0.2) is 22.7 Å². The van der Waals surface area contributed by atoms with Crippen molar-refractivity contribution in [1.82, 2.24) is 0 Å². The van der Waals surface area contributed by atoms with E-state index in [2.05, 4.69) is 0 Å². The van der Waals surface area contributed by atoms with E-state index in [1.165, 1.54) is 11.8 Å². The molecule has 0 saturated carbocycles. The van der Waals surface area contributed by atoms with Crippen LogP contribution >= 0.6 is 23.4 Å². The lowest BCUT2D eigenvalue weighted by Gasteiger charge is -2.26. The minimum atomic E-state index is -3.32. The molecule has 5 heteroatoms. The Balaban J connectivity index is 2.59. The monoisotopic (exact) mass is 214 g/mol. The Morgan fingerprint density at radius 3 is 2.67 bits per heavy atom. The highest BCUT2D eigenvalue weighted by molar-refractivity contribution is 7.99. The highest BCUT2D eigenvalue weighted by Gasteiger charge is 2.46. The highest BCUT2D eigenvalue weighted by atomic mass is 35.5. The van der Waals surface area contributed by atoms with Gasteiger partial charge in [0.15, 0.2) is 0 Å². The molecular weight excluding hydrogens is 206 g/mol. The van der Waals surface area contributed by atoms with Crippen LogP contribution in [0.3, 0.4) is 0 Å². The minimum absolute atomic E-state index is 0.339. The fourth-order valence-corrected chi connectivity index (χ4v) is 2.54. The van der Waals surface area contributed by atoms with Crippen molar-refractivity contribution in [2.45, 2.75) is 18.8 Å². The van der Waals surface area contributed by atoms with Gasteiger partial charge in [-0.25, -0.2) is 0 Å². The van der Waals surface area contributed by atoms with E-state index in [1.807, 2.05) is 0 Å². The van der Waals surface area contributed by atoms with Crippen molar-refractivity contribution in [3.05, 3.63) is 0 Å². The first-order chi connectivity index (χ1) is 5.55. The van der Waals surface area contributed by atoms with Crippen LogP contribution in [0.1, 0.15) is 12.8 Å². The van der Waals surface area contributed by atoms with Gasteiger partial charge < -0.3 is 0 Å². The summed E-state index contributed by atoms with van der Waals surface area (Å²) in [7, 11) is 0. The molecule has 1 fully saturated rings. The summed E-state index contributed by atoms with van der Waals surface area (Å²) >= 11 is 6.26. The van der Waals surface area contributed by atoms with Gasteiger partial charge in [0.25, 0.3) is 5.24 Å². The number of hydrogen-bond acceptors (Lipinski definition) is 2. The van der Waals surface area contributed by atoms with Gasteiger partial charge in [-0.1, -0.05) is 0 Å². The Bertz CT molecular complexity index is 180. The smallest absolute Gasteiger partial charge is 0.274 e. The van der Waals surface area contributed by atoms with E-state index in [-0.39, 0.29) is 0 Å². The number of halogens is 3. The number of carbonyl (C=O) groups excluding carboxylic acids is 1. The molecule has 0 aliphatic carbocycles. The molecule has 0 amide bonds. The van der Waals surface area contributed by atoms with Crippen molar-refractivity contribution in [3.63, 3.8) is 0 Å². The molecule has 0 spiro atoms. The first kappa shape index (κ1) is 10.3. The fourth-order valence-electron chi connectivity index (χ4n) is 1.19. The Morgan fingerprint density at radius 2 is 2.25 bits per heavy atom. The lowest BCUT2D eigenvalue weighted by molar-refractivity contribution is -0.141. The summed E-state index contributed by atoms with van der Waals surface area (Å²) in [6.45, 7) is 0. The maximum absolute atomic E-state index is 12.9. The summed E-state index contributed by atoms with van der Waals surface area (Å²) in [5.41, 5.74) is 0. The lowest BCUT2D eigenvalue weighted by Crippen LogP contribution is -2.37. The quantitative estimate of drug-likeness (QED) is 0.658. The number of thioether (sulfide) groups is 1. The van der Waals surface area contributed by atoms with Gasteiger partial charge in [-0.05, 0) is 30.2 Å². The Kier molecular flexibility index (Phi) is 3.35. The second-order valence-corrected chi connectivity index (χ2v) is 4.30. The first-order valence-electron chi connectivity index (χ1n) is 3.70. The molecule has 1 saturated heterocycles. The van der Waals surface area contributed by atoms with Gasteiger partial charge in [0, 0.05) is 11.7 Å². The molecule has 1 aliphatic heterocycles. The molecule has 70 valence electrons. The van der Waals surface area contributed by atoms with Gasteiger partial charge in [-0.2, -0.15) is 20.5 Å². The highest BCUT2D eigenvalue weighted by Crippen LogP contribution is 2.36. The summed E-state index contributed by atoms with van der Waals surface area (Å²) in [5, 5.41) is -1.52. The molecule has 0 radical (unpaired) electrons. The molecular formula is C7H9ClF2OS. The molecule has 0 aromatic heterocycles. The van der Waals surface area contributed by atoms with Crippen LogP contribution in [0.25, 0.3) is 0 Å². The van der Waals surface area contributed by atoms with Crippen LogP contribution in [0, 0.1) is 5.92 Å². The molecule has 1 aliphatic rings. The summed E-state index contributed by atoms with van der Waals surface area (Å²) < 4.78 is 25.9. The van der Waals surface area contributed by atoms with Gasteiger partial charge >= 0.3 is 5.92 Å². The van der Waals surface area contributed by atoms with Crippen LogP contribution in [-0.2, 0) is 4.79 Å². The molecule has 1 atom stereocenters. The molecule has 1 nitrogen and oxygen atoms in total. The molecule has 0 aromatic carbocycles. The third-order valence-electron chi connectivity index (χ3n) is 1.94. The van der Waals surface area contributed by atoms with E-state index >= 15 is 0 Å². The van der Waals surface area contributed by atoms with Gasteiger partial charge in [0.1, 0.15) is 0 Å². The van der Waals surface area contributed by atoms with Gasteiger partial charge in [0.05, 0.1) is 0 Å². The zero-order valence-electron chi connectivity index (χ0n) is 6.36. The normalized spacial score (nSPS) is 25.4. The van der Waals surface area contributed by atoms with Crippen LogP contribution in [0.4, 0.5) is 8.78 Å². The van der Waals surface area contributed by atoms with Gasteiger partial charge in [-0.3, -0.25) is 4.79 Å². The summed E-state index contributed by atoms with van der Waals surface area (Å²) in [6.07, 6.45) is 1.15. The first-order valence-corrected chi connectivity index (χ1v) is 5.24. The number of carbonyl (C=O) groups is 1. The molecule has 0 N–H and O–H groups in total. The van der Waals surface area contributed by atoms with Crippen LogP contribution in [0.15, 0.2) is 0 Å². The van der Waals surface area contributed by atoms with Crippen molar-refractivity contribution in [2.75, 3.05) is 11.5 Å². The van der Waals surface area contributed by atoms with Crippen LogP contribution < -0.4 is 0 Å². The zero-order valence-corrected chi connectivity index (χ0v) is 7.93. The number of rotatable bonds is 2. The molecule has 12 heavy (non-hydrogen) atoms. The van der Waals surface area contributed by atoms with Crippen molar-refractivity contribution < 1.29 is 13.6 Å². The maximum Gasteiger partial charge on any atom is 0.323 e. The molecule has 1 unspecified atom stereocenters. The molecule has 0 bridgehead atoms. The molecule has 0 aromatic rings. The number of hydrogen-bond donors (Lipinski definition) is 0. The predicted molar refractivity (Wildman–Crippen MR) is 45.9 cm³/mol. The predicted octanol–water partition coefficient (Wildman–Crippen LogP) is 2.53. The van der Waals surface area contributed by atoms with Crippen molar-refractivity contribution >= 4 is 28.6 Å². The average Bonchev–Trinajstić information content (AvgIpc) is 2.06. The second kappa shape index (κ2) is 3.92. The third-order valence-corrected chi connectivity index (χ3v) is 3.40. The Labute approximate surface area is 78.8 Å². The van der Waals surface area contributed by atoms with Crippen molar-refractivity contribution in [3.8, 4) is 0 Å². The van der Waals surface area contributed by atoms with E-state index < -0.39 is 17.1 Å². The van der Waals surface area contributed by atoms with E-state index in [1.54, 1.807) is 0 Å². The lowest BCUT2D eigenvalue weighted by atomic mass is 9.99. The van der Waals surface area contributed by atoms with E-state index in [9.17, 15) is 13.6 Å². The van der Waals surface area contributed by atoms with E-state index in [4.69, 9.17) is 11.6 Å². The standard InChI is InChI=1S/C7H9ClF2OS/c8-6(11)7(9,10)5-2-1-3-12-4-5/h5H,1-4H2. The minimum Gasteiger partial charge on any atom is -0.274 e. The Morgan fingerprint density at radius 1 is 1.58 bits per heavy atom. The van der Waals surface area contributed by atoms with Crippen molar-refractivity contribution in [2.24, 2.45) is 5.92 Å². The average molecular weight is 215 g/mol. The fraction of sp³-hybridized carbons (Fsp3) is 0.857. The topological polar surface area (TPSA) is 17.1 Å². The molecule has 1 rings (SSSR count). The summed E-state index contributed by atoms with van der Waals surface area (Å²) in [4.78, 5) is 10.4. The Hall–Kier alpha value is 0.170.